The molecule has 1 amide bonds. The lowest BCUT2D eigenvalue weighted by molar-refractivity contribution is -0.125. The molecule has 0 unspecified atom stereocenters. The Morgan fingerprint density at radius 2 is 1.73 bits per heavy atom. The van der Waals surface area contributed by atoms with Crippen LogP contribution in [-0.2, 0) is 20.8 Å². The third-order valence-corrected chi connectivity index (χ3v) is 7.67. The number of pyridine rings is 1. The summed E-state index contributed by atoms with van der Waals surface area (Å²) in [6.07, 6.45) is 3.99. The summed E-state index contributed by atoms with van der Waals surface area (Å²) in [4.78, 5) is 30.3. The summed E-state index contributed by atoms with van der Waals surface area (Å²) < 4.78 is 48.4. The van der Waals surface area contributed by atoms with Gasteiger partial charge >= 0.3 is 0 Å². The molecule has 3 aliphatic heterocycles. The van der Waals surface area contributed by atoms with Crippen molar-refractivity contribution in [3.8, 4) is 16.9 Å². The maximum absolute atomic E-state index is 15.3. The molecule has 4 aromatic rings. The van der Waals surface area contributed by atoms with E-state index in [0.717, 1.165) is 0 Å². The molecule has 1 atom stereocenters. The van der Waals surface area contributed by atoms with Crippen LogP contribution in [0.25, 0.3) is 16.8 Å². The van der Waals surface area contributed by atoms with Gasteiger partial charge < -0.3 is 23.5 Å². The first-order valence-corrected chi connectivity index (χ1v) is 13.1. The van der Waals surface area contributed by atoms with Gasteiger partial charge in [0.05, 0.1) is 62.1 Å². The van der Waals surface area contributed by atoms with Gasteiger partial charge in [-0.1, -0.05) is 6.07 Å². The topological polar surface area (TPSA) is 94.3 Å². The second kappa shape index (κ2) is 9.49. The number of hydrogen-bond donors (Lipinski definition) is 0. The van der Waals surface area contributed by atoms with Gasteiger partial charge in [0.15, 0.2) is 17.7 Å². The second-order valence-corrected chi connectivity index (χ2v) is 10.2. The average molecular weight is 549 g/mol. The fourth-order valence-corrected chi connectivity index (χ4v) is 5.65. The number of halogens is 2. The Balaban J connectivity index is 1.24. The maximum atomic E-state index is 15.3. The summed E-state index contributed by atoms with van der Waals surface area (Å²) >= 11 is 0. The number of para-hydroxylation sites is 1. The minimum absolute atomic E-state index is 0.0287. The summed E-state index contributed by atoms with van der Waals surface area (Å²) in [6, 6.07) is 5.88. The van der Waals surface area contributed by atoms with Crippen LogP contribution in [0, 0.1) is 18.6 Å². The van der Waals surface area contributed by atoms with Crippen molar-refractivity contribution in [3.05, 3.63) is 65.9 Å². The lowest BCUT2D eigenvalue weighted by atomic mass is 10.1. The van der Waals surface area contributed by atoms with E-state index in [9.17, 15) is 9.18 Å². The monoisotopic (exact) mass is 548 g/mol. The van der Waals surface area contributed by atoms with E-state index in [4.69, 9.17) is 14.2 Å². The van der Waals surface area contributed by atoms with Crippen molar-refractivity contribution in [3.63, 3.8) is 0 Å². The van der Waals surface area contributed by atoms with Crippen molar-refractivity contribution in [2.24, 2.45) is 0 Å². The van der Waals surface area contributed by atoms with Crippen LogP contribution in [0.15, 0.2) is 42.9 Å². The molecule has 6 heterocycles. The minimum Gasteiger partial charge on any atom is -0.476 e. The number of aryl methyl sites for hydroxylation is 1. The number of morpholine rings is 2. The molecule has 0 spiro atoms. The van der Waals surface area contributed by atoms with Crippen LogP contribution in [0.4, 0.5) is 20.4 Å². The van der Waals surface area contributed by atoms with Crippen molar-refractivity contribution < 1.29 is 27.8 Å². The van der Waals surface area contributed by atoms with Gasteiger partial charge in [0.25, 0.3) is 5.91 Å². The first kappa shape index (κ1) is 24.9. The number of benzene rings is 1. The number of fused-ring (bicyclic) bond motifs is 4. The molecule has 40 heavy (non-hydrogen) atoms. The summed E-state index contributed by atoms with van der Waals surface area (Å²) in [5.74, 6) is -0.742. The van der Waals surface area contributed by atoms with Crippen molar-refractivity contribution >= 4 is 23.2 Å². The molecule has 3 aliphatic rings. The molecule has 0 radical (unpaired) electrons. The molecule has 12 heteroatoms. The summed E-state index contributed by atoms with van der Waals surface area (Å²) in [5.41, 5.74) is 2.79. The molecule has 2 bridgehead atoms. The molecular weight excluding hydrogens is 522 g/mol. The Morgan fingerprint density at radius 3 is 2.42 bits per heavy atom. The normalized spacial score (nSPS) is 22.4. The zero-order valence-electron chi connectivity index (χ0n) is 21.9. The molecule has 0 N–H and O–H groups in total. The van der Waals surface area contributed by atoms with Gasteiger partial charge in [-0.15, -0.1) is 0 Å². The van der Waals surface area contributed by atoms with Crippen molar-refractivity contribution in [2.75, 3.05) is 36.2 Å². The molecule has 10 nitrogen and oxygen atoms in total. The lowest BCUT2D eigenvalue weighted by Crippen LogP contribution is -2.60. The molecule has 2 saturated heterocycles. The number of nitrogens with zero attached hydrogens (tertiary/aromatic N) is 6. The molecule has 1 aromatic carbocycles. The Labute approximate surface area is 228 Å². The van der Waals surface area contributed by atoms with E-state index in [1.807, 2.05) is 0 Å². The zero-order chi connectivity index (χ0) is 27.5. The van der Waals surface area contributed by atoms with Crippen molar-refractivity contribution in [2.45, 2.75) is 38.6 Å². The molecule has 0 saturated carbocycles. The van der Waals surface area contributed by atoms with Gasteiger partial charge in [-0.05, 0) is 26.0 Å². The third kappa shape index (κ3) is 3.97. The van der Waals surface area contributed by atoms with Crippen LogP contribution in [0.5, 0.6) is 5.75 Å². The number of hydrogen-bond acceptors (Lipinski definition) is 8. The molecule has 3 aromatic heterocycles. The quantitative estimate of drug-likeness (QED) is 0.384. The van der Waals surface area contributed by atoms with E-state index < -0.39 is 17.7 Å². The van der Waals surface area contributed by atoms with Crippen LogP contribution >= 0.6 is 0 Å². The SMILES string of the molecule is Cc1nc2cc(F)c(-c3cnc(N4C5COCC4COC5)nc3)cn2c1CN1C(=O)[C@@H](C)Oc2c(F)cccc21. The first-order valence-electron chi connectivity index (χ1n) is 13.1. The highest BCUT2D eigenvalue weighted by Gasteiger charge is 2.37. The van der Waals surface area contributed by atoms with Gasteiger partial charge in [-0.25, -0.2) is 23.7 Å². The standard InChI is InChI=1S/C28H26F2N6O4/c1-15-24(10-35-23-5-3-4-21(29)26(23)40-16(2)27(35)37)34-9-20(22(30)6-25(34)33-15)17-7-31-28(32-8-17)36-18-11-38-13-19(36)14-39-12-18/h3-9,16,18-19H,10-14H2,1-2H3/t16-,18?,19?/m1/s1. The molecular formula is C28H26F2N6O4. The van der Waals surface area contributed by atoms with E-state index in [-0.39, 0.29) is 35.8 Å². The maximum Gasteiger partial charge on any atom is 0.268 e. The van der Waals surface area contributed by atoms with Crippen LogP contribution in [-0.4, -0.2) is 69.9 Å². The molecule has 0 aliphatic carbocycles. The van der Waals surface area contributed by atoms with Crippen LogP contribution in [0.1, 0.15) is 18.3 Å². The van der Waals surface area contributed by atoms with Gasteiger partial charge in [0.1, 0.15) is 11.5 Å². The number of aromatic nitrogens is 4. The van der Waals surface area contributed by atoms with Crippen LogP contribution in [0.3, 0.4) is 0 Å². The van der Waals surface area contributed by atoms with E-state index in [1.54, 1.807) is 42.9 Å². The highest BCUT2D eigenvalue weighted by molar-refractivity contribution is 5.99. The number of anilines is 2. The van der Waals surface area contributed by atoms with E-state index in [0.29, 0.717) is 60.7 Å². The fraction of sp³-hybridized carbons (Fsp3) is 0.357. The Bertz CT molecular complexity index is 1610. The highest BCUT2D eigenvalue weighted by atomic mass is 19.1. The zero-order valence-corrected chi connectivity index (χ0v) is 21.9. The van der Waals surface area contributed by atoms with Gasteiger partial charge in [0, 0.05) is 35.8 Å². The van der Waals surface area contributed by atoms with Gasteiger partial charge in [-0.3, -0.25) is 9.69 Å². The number of imidazole rings is 1. The minimum atomic E-state index is -0.856. The van der Waals surface area contributed by atoms with Gasteiger partial charge in [0.2, 0.25) is 5.95 Å². The largest absolute Gasteiger partial charge is 0.476 e. The number of carbonyl (C=O) groups is 1. The summed E-state index contributed by atoms with van der Waals surface area (Å²) in [7, 11) is 0. The average Bonchev–Trinajstić information content (AvgIpc) is 3.24. The van der Waals surface area contributed by atoms with E-state index in [2.05, 4.69) is 19.9 Å². The summed E-state index contributed by atoms with van der Waals surface area (Å²) in [5, 5.41) is 0. The number of amides is 1. The number of rotatable bonds is 4. The van der Waals surface area contributed by atoms with Gasteiger partial charge in [-0.2, -0.15) is 0 Å². The van der Waals surface area contributed by atoms with Crippen molar-refractivity contribution in [1.82, 2.24) is 19.4 Å². The third-order valence-electron chi connectivity index (χ3n) is 7.67. The first-order chi connectivity index (χ1) is 19.4. The Kier molecular flexibility index (Phi) is 5.90. The van der Waals surface area contributed by atoms with E-state index >= 15 is 4.39 Å². The Morgan fingerprint density at radius 1 is 1.02 bits per heavy atom. The lowest BCUT2D eigenvalue weighted by Gasteiger charge is -2.45. The fourth-order valence-electron chi connectivity index (χ4n) is 5.65. The highest BCUT2D eigenvalue weighted by Crippen LogP contribution is 2.37. The number of carbonyl (C=O) groups excluding carboxylic acids is 1. The molecule has 7 rings (SSSR count). The smallest absolute Gasteiger partial charge is 0.268 e. The molecule has 206 valence electrons. The van der Waals surface area contributed by atoms with Crippen LogP contribution < -0.4 is 14.5 Å². The summed E-state index contributed by atoms with van der Waals surface area (Å²) in [6.45, 7) is 5.63. The predicted molar refractivity (Wildman–Crippen MR) is 140 cm³/mol. The number of ether oxygens (including phenoxy) is 3. The molecule has 2 fully saturated rings. The Hall–Kier alpha value is -4.16. The predicted octanol–water partition coefficient (Wildman–Crippen LogP) is 3.30. The van der Waals surface area contributed by atoms with Crippen LogP contribution in [0.2, 0.25) is 0 Å². The van der Waals surface area contributed by atoms with Crippen molar-refractivity contribution in [1.29, 1.82) is 0 Å². The van der Waals surface area contributed by atoms with E-state index in [1.165, 1.54) is 23.1 Å². The second-order valence-electron chi connectivity index (χ2n) is 10.2.